The zero-order valence-electron chi connectivity index (χ0n) is 12.9. The van der Waals surface area contributed by atoms with E-state index in [4.69, 9.17) is 21.7 Å². The molecule has 2 aromatic carbocycles. The van der Waals surface area contributed by atoms with Crippen LogP contribution in [0.4, 0.5) is 4.79 Å². The lowest BCUT2D eigenvalue weighted by Crippen LogP contribution is -2.42. The predicted octanol–water partition coefficient (Wildman–Crippen LogP) is 3.50. The van der Waals surface area contributed by atoms with E-state index in [0.717, 1.165) is 11.1 Å². The molecule has 0 bridgehead atoms. The highest BCUT2D eigenvalue weighted by Crippen LogP contribution is 2.07. The topological polar surface area (TPSA) is 47.6 Å². The van der Waals surface area contributed by atoms with E-state index in [1.54, 1.807) is 0 Å². The maximum Gasteiger partial charge on any atom is 0.408 e. The number of carbonyl (C=O) groups is 1. The summed E-state index contributed by atoms with van der Waals surface area (Å²) in [4.78, 5) is 12.0. The largest absolute Gasteiger partial charge is 0.488 e. The van der Waals surface area contributed by atoms with E-state index in [-0.39, 0.29) is 6.61 Å². The molecule has 4 nitrogen and oxygen atoms in total. The van der Waals surface area contributed by atoms with Gasteiger partial charge >= 0.3 is 6.09 Å². The monoisotopic (exact) mass is 329 g/mol. The minimum absolute atomic E-state index is 0.213. The smallest absolute Gasteiger partial charge is 0.408 e. The quantitative estimate of drug-likeness (QED) is 0.824. The maximum absolute atomic E-state index is 12.0. The van der Waals surface area contributed by atoms with Crippen molar-refractivity contribution < 1.29 is 14.3 Å². The third-order valence-electron chi connectivity index (χ3n) is 3.27. The predicted molar refractivity (Wildman–Crippen MR) is 93.3 cm³/mol. The molecule has 0 fully saturated rings. The van der Waals surface area contributed by atoms with Gasteiger partial charge in [0.05, 0.1) is 7.11 Å². The summed E-state index contributed by atoms with van der Waals surface area (Å²) in [6.07, 6.45) is 0.0303. The Morgan fingerprint density at radius 3 is 2.17 bits per heavy atom. The van der Waals surface area contributed by atoms with Gasteiger partial charge in [-0.15, -0.1) is 0 Å². The Bertz CT molecular complexity index is 631. The average Bonchev–Trinajstić information content (AvgIpc) is 2.60. The van der Waals surface area contributed by atoms with E-state index in [9.17, 15) is 4.79 Å². The molecule has 0 saturated heterocycles. The van der Waals surface area contributed by atoms with E-state index in [1.807, 2.05) is 60.7 Å². The fourth-order valence-electron chi connectivity index (χ4n) is 2.09. The van der Waals surface area contributed by atoms with Crippen molar-refractivity contribution in [2.75, 3.05) is 7.11 Å². The van der Waals surface area contributed by atoms with Crippen LogP contribution in [0.2, 0.25) is 0 Å². The summed E-state index contributed by atoms with van der Waals surface area (Å²) in [5.41, 5.74) is 1.98. The molecule has 5 heteroatoms. The van der Waals surface area contributed by atoms with Crippen molar-refractivity contribution in [3.63, 3.8) is 0 Å². The average molecular weight is 329 g/mol. The maximum atomic E-state index is 12.0. The minimum Gasteiger partial charge on any atom is -0.488 e. The molecule has 0 aliphatic rings. The number of thiocarbonyl (C=S) groups is 1. The molecule has 0 heterocycles. The molecule has 1 amide bonds. The van der Waals surface area contributed by atoms with Gasteiger partial charge in [0.15, 0.2) is 5.05 Å². The highest BCUT2D eigenvalue weighted by molar-refractivity contribution is 7.80. The van der Waals surface area contributed by atoms with Crippen molar-refractivity contribution in [1.29, 1.82) is 0 Å². The van der Waals surface area contributed by atoms with Crippen molar-refractivity contribution in [1.82, 2.24) is 5.32 Å². The van der Waals surface area contributed by atoms with Crippen LogP contribution in [0.25, 0.3) is 0 Å². The molecule has 1 unspecified atom stereocenters. The summed E-state index contributed by atoms with van der Waals surface area (Å²) in [7, 11) is 1.50. The van der Waals surface area contributed by atoms with Gasteiger partial charge in [0.1, 0.15) is 12.6 Å². The molecule has 1 N–H and O–H groups in total. The van der Waals surface area contributed by atoms with E-state index in [1.165, 1.54) is 7.11 Å². The number of benzene rings is 2. The fraction of sp³-hybridized carbons (Fsp3) is 0.222. The summed E-state index contributed by atoms with van der Waals surface area (Å²) < 4.78 is 10.3. The van der Waals surface area contributed by atoms with Crippen LogP contribution in [0.15, 0.2) is 60.7 Å². The van der Waals surface area contributed by atoms with Gasteiger partial charge in [0, 0.05) is 6.42 Å². The molecule has 0 radical (unpaired) electrons. The van der Waals surface area contributed by atoms with Gasteiger partial charge in [0.2, 0.25) is 0 Å². The molecule has 1 atom stereocenters. The van der Waals surface area contributed by atoms with Crippen molar-refractivity contribution in [2.45, 2.75) is 19.1 Å². The summed E-state index contributed by atoms with van der Waals surface area (Å²) in [6.45, 7) is 0.213. The summed E-state index contributed by atoms with van der Waals surface area (Å²) in [5.74, 6) is 0. The van der Waals surface area contributed by atoms with Crippen molar-refractivity contribution >= 4 is 23.4 Å². The van der Waals surface area contributed by atoms with Gasteiger partial charge in [-0.2, -0.15) is 0 Å². The molecule has 0 aliphatic carbocycles. The number of ether oxygens (including phenoxy) is 2. The van der Waals surface area contributed by atoms with Gasteiger partial charge < -0.3 is 14.8 Å². The standard InChI is InChI=1S/C18H19NO3S/c1-21-17(23)16(12-14-8-4-2-5-9-14)19-18(20)22-13-15-10-6-3-7-11-15/h2-11,16H,12-13H2,1H3,(H,19,20). The number of carbonyl (C=O) groups excluding carboxylic acids is 1. The second-order valence-electron chi connectivity index (χ2n) is 4.97. The molecule has 0 saturated carbocycles. The number of hydrogen-bond acceptors (Lipinski definition) is 4. The molecule has 0 aliphatic heterocycles. The lowest BCUT2D eigenvalue weighted by atomic mass is 10.1. The highest BCUT2D eigenvalue weighted by atomic mass is 32.1. The van der Waals surface area contributed by atoms with Crippen LogP contribution in [0, 0.1) is 0 Å². The Morgan fingerprint density at radius 1 is 1.04 bits per heavy atom. The highest BCUT2D eigenvalue weighted by Gasteiger charge is 2.19. The Labute approximate surface area is 141 Å². The number of hydrogen-bond donors (Lipinski definition) is 1. The number of methoxy groups -OCH3 is 1. The Morgan fingerprint density at radius 2 is 1.61 bits per heavy atom. The zero-order chi connectivity index (χ0) is 16.5. The molecule has 2 aromatic rings. The zero-order valence-corrected chi connectivity index (χ0v) is 13.7. The van der Waals surface area contributed by atoms with E-state index >= 15 is 0 Å². The Kier molecular flexibility index (Phi) is 6.56. The molecule has 23 heavy (non-hydrogen) atoms. The number of nitrogens with one attached hydrogen (secondary N) is 1. The first kappa shape index (κ1) is 17.0. The van der Waals surface area contributed by atoms with Crippen molar-refractivity contribution in [2.24, 2.45) is 0 Å². The first-order valence-corrected chi connectivity index (χ1v) is 7.69. The second-order valence-corrected chi connectivity index (χ2v) is 5.37. The Hall–Kier alpha value is -2.40. The van der Waals surface area contributed by atoms with E-state index < -0.39 is 12.1 Å². The third kappa shape index (κ3) is 5.71. The van der Waals surface area contributed by atoms with Crippen LogP contribution in [-0.2, 0) is 22.5 Å². The second kappa shape index (κ2) is 8.90. The first-order chi connectivity index (χ1) is 11.2. The normalized spacial score (nSPS) is 11.3. The van der Waals surface area contributed by atoms with Gasteiger partial charge in [-0.3, -0.25) is 0 Å². The molecule has 0 spiro atoms. The molecule has 120 valence electrons. The number of rotatable bonds is 6. The SMILES string of the molecule is COC(=S)C(Cc1ccccc1)NC(=O)OCc1ccccc1. The van der Waals surface area contributed by atoms with Gasteiger partial charge in [-0.1, -0.05) is 60.7 Å². The molecular weight excluding hydrogens is 310 g/mol. The summed E-state index contributed by atoms with van der Waals surface area (Å²) in [5, 5.41) is 3.08. The van der Waals surface area contributed by atoms with Gasteiger partial charge in [0.25, 0.3) is 0 Å². The lowest BCUT2D eigenvalue weighted by molar-refractivity contribution is 0.137. The van der Waals surface area contributed by atoms with Gasteiger partial charge in [-0.25, -0.2) is 4.79 Å². The molecular formula is C18H19NO3S. The van der Waals surface area contributed by atoms with Crippen LogP contribution in [0.1, 0.15) is 11.1 Å². The fourth-order valence-corrected chi connectivity index (χ4v) is 2.23. The van der Waals surface area contributed by atoms with Crippen LogP contribution < -0.4 is 5.32 Å². The number of alkyl carbamates (subject to hydrolysis) is 1. The molecule has 2 rings (SSSR count). The van der Waals surface area contributed by atoms with Crippen molar-refractivity contribution in [3.05, 3.63) is 71.8 Å². The summed E-state index contributed by atoms with van der Waals surface area (Å²) >= 11 is 5.18. The minimum atomic E-state index is -0.519. The first-order valence-electron chi connectivity index (χ1n) is 7.28. The number of amides is 1. The third-order valence-corrected chi connectivity index (χ3v) is 3.72. The Balaban J connectivity index is 1.91. The van der Waals surface area contributed by atoms with Crippen LogP contribution in [0.3, 0.4) is 0 Å². The van der Waals surface area contributed by atoms with E-state index in [2.05, 4.69) is 5.32 Å². The van der Waals surface area contributed by atoms with Crippen LogP contribution in [0.5, 0.6) is 0 Å². The van der Waals surface area contributed by atoms with Gasteiger partial charge in [-0.05, 0) is 23.3 Å². The van der Waals surface area contributed by atoms with Crippen LogP contribution >= 0.6 is 12.2 Å². The summed E-state index contributed by atoms with van der Waals surface area (Å²) in [6, 6.07) is 18.9. The lowest BCUT2D eigenvalue weighted by Gasteiger charge is -2.18. The van der Waals surface area contributed by atoms with Crippen molar-refractivity contribution in [3.8, 4) is 0 Å². The molecule has 0 aromatic heterocycles. The van der Waals surface area contributed by atoms with Crippen LogP contribution in [-0.4, -0.2) is 24.3 Å². The van der Waals surface area contributed by atoms with E-state index in [0.29, 0.717) is 11.5 Å².